The molecule has 0 bridgehead atoms. The van der Waals surface area contributed by atoms with Crippen LogP contribution in [0.15, 0.2) is 30.3 Å². The lowest BCUT2D eigenvalue weighted by Crippen LogP contribution is -2.31. The number of nitrogens with one attached hydrogen (secondary N) is 1. The smallest absolute Gasteiger partial charge is 0.321 e. The Kier molecular flexibility index (Phi) is 6.33. The van der Waals surface area contributed by atoms with Crippen LogP contribution in [0.4, 0.5) is 14.9 Å². The van der Waals surface area contributed by atoms with Crippen LogP contribution in [-0.2, 0) is 6.54 Å². The fourth-order valence-corrected chi connectivity index (χ4v) is 2.61. The Bertz CT molecular complexity index is 766. The van der Waals surface area contributed by atoms with Gasteiger partial charge in [0.05, 0.1) is 31.5 Å². The zero-order valence-electron chi connectivity index (χ0n) is 13.9. The van der Waals surface area contributed by atoms with Gasteiger partial charge >= 0.3 is 6.03 Å². The van der Waals surface area contributed by atoms with E-state index in [0.29, 0.717) is 22.2 Å². The SMILES string of the molecule is COc1cc(NC(=O)N(C)Cc2c(F)cccc2Cl)c(OC)cc1Cl. The van der Waals surface area contributed by atoms with Gasteiger partial charge in [0.1, 0.15) is 17.3 Å². The van der Waals surface area contributed by atoms with Crippen molar-refractivity contribution in [1.82, 2.24) is 4.90 Å². The normalized spacial score (nSPS) is 10.3. The highest BCUT2D eigenvalue weighted by Crippen LogP contribution is 2.36. The van der Waals surface area contributed by atoms with Crippen molar-refractivity contribution in [2.24, 2.45) is 0 Å². The van der Waals surface area contributed by atoms with Crippen molar-refractivity contribution in [1.29, 1.82) is 0 Å². The van der Waals surface area contributed by atoms with Crippen LogP contribution in [0.1, 0.15) is 5.56 Å². The molecule has 0 fully saturated rings. The Morgan fingerprint density at radius 3 is 2.44 bits per heavy atom. The van der Waals surface area contributed by atoms with Crippen LogP contribution in [-0.4, -0.2) is 32.2 Å². The number of hydrogen-bond acceptors (Lipinski definition) is 3. The van der Waals surface area contributed by atoms with Gasteiger partial charge < -0.3 is 19.7 Å². The topological polar surface area (TPSA) is 50.8 Å². The average molecular weight is 387 g/mol. The van der Waals surface area contributed by atoms with Gasteiger partial charge in [0.2, 0.25) is 0 Å². The summed E-state index contributed by atoms with van der Waals surface area (Å²) in [7, 11) is 4.44. The summed E-state index contributed by atoms with van der Waals surface area (Å²) in [4.78, 5) is 13.7. The Balaban J connectivity index is 2.19. The minimum atomic E-state index is -0.474. The maximum atomic E-state index is 13.9. The summed E-state index contributed by atoms with van der Waals surface area (Å²) in [6.07, 6.45) is 0. The van der Waals surface area contributed by atoms with Crippen molar-refractivity contribution in [3.63, 3.8) is 0 Å². The quantitative estimate of drug-likeness (QED) is 0.801. The molecule has 2 amide bonds. The zero-order valence-corrected chi connectivity index (χ0v) is 15.4. The highest BCUT2D eigenvalue weighted by Gasteiger charge is 2.17. The lowest BCUT2D eigenvalue weighted by molar-refractivity contribution is 0.220. The fourth-order valence-electron chi connectivity index (χ4n) is 2.16. The van der Waals surface area contributed by atoms with Crippen molar-refractivity contribution >= 4 is 34.9 Å². The van der Waals surface area contributed by atoms with E-state index >= 15 is 0 Å². The Morgan fingerprint density at radius 1 is 1.16 bits per heavy atom. The fraction of sp³-hybridized carbons (Fsp3) is 0.235. The number of benzene rings is 2. The molecule has 25 heavy (non-hydrogen) atoms. The van der Waals surface area contributed by atoms with E-state index in [4.69, 9.17) is 32.7 Å². The molecule has 2 rings (SSSR count). The number of halogens is 3. The van der Waals surface area contributed by atoms with Crippen molar-refractivity contribution in [3.05, 3.63) is 51.8 Å². The first-order valence-corrected chi connectivity index (χ1v) is 7.99. The Morgan fingerprint density at radius 2 is 1.84 bits per heavy atom. The molecule has 0 aliphatic heterocycles. The van der Waals surface area contributed by atoms with Gasteiger partial charge in [-0.15, -0.1) is 0 Å². The van der Waals surface area contributed by atoms with E-state index in [-0.39, 0.29) is 17.1 Å². The standard InChI is InChI=1S/C17H17Cl2FN2O3/c1-22(9-10-11(18)5-4-6-13(10)20)17(23)21-14-8-15(24-2)12(19)7-16(14)25-3/h4-8H,9H2,1-3H3,(H,21,23). The summed E-state index contributed by atoms with van der Waals surface area (Å²) in [6, 6.07) is 6.97. The van der Waals surface area contributed by atoms with Crippen molar-refractivity contribution in [3.8, 4) is 11.5 Å². The zero-order chi connectivity index (χ0) is 18.6. The summed E-state index contributed by atoms with van der Waals surface area (Å²) in [6.45, 7) is 0.00435. The average Bonchev–Trinajstić information content (AvgIpc) is 2.59. The molecule has 1 N–H and O–H groups in total. The van der Waals surface area contributed by atoms with Crippen LogP contribution in [0.3, 0.4) is 0 Å². The molecule has 0 saturated heterocycles. The molecular formula is C17H17Cl2FN2O3. The van der Waals surface area contributed by atoms with E-state index in [0.717, 1.165) is 0 Å². The highest BCUT2D eigenvalue weighted by atomic mass is 35.5. The molecule has 0 heterocycles. The molecule has 134 valence electrons. The Labute approximate surface area is 155 Å². The van der Waals surface area contributed by atoms with Gasteiger partial charge in [0, 0.05) is 29.8 Å². The molecule has 0 saturated carbocycles. The number of carbonyl (C=O) groups is 1. The van der Waals surface area contributed by atoms with Gasteiger partial charge in [-0.3, -0.25) is 0 Å². The first-order chi connectivity index (χ1) is 11.9. The van der Waals surface area contributed by atoms with E-state index in [9.17, 15) is 9.18 Å². The van der Waals surface area contributed by atoms with Crippen molar-refractivity contribution < 1.29 is 18.7 Å². The van der Waals surface area contributed by atoms with Crippen LogP contribution in [0.5, 0.6) is 11.5 Å². The highest BCUT2D eigenvalue weighted by molar-refractivity contribution is 6.32. The number of amides is 2. The first-order valence-electron chi connectivity index (χ1n) is 7.24. The lowest BCUT2D eigenvalue weighted by atomic mass is 10.2. The van der Waals surface area contributed by atoms with Gasteiger partial charge in [0.25, 0.3) is 0 Å². The molecule has 0 radical (unpaired) electrons. The molecule has 2 aromatic carbocycles. The summed E-state index contributed by atoms with van der Waals surface area (Å²) >= 11 is 12.0. The van der Waals surface area contributed by atoms with Gasteiger partial charge in [-0.2, -0.15) is 0 Å². The third kappa shape index (κ3) is 4.46. The summed E-state index contributed by atoms with van der Waals surface area (Å²) in [5.74, 6) is 0.284. The second kappa shape index (κ2) is 8.27. The largest absolute Gasteiger partial charge is 0.495 e. The lowest BCUT2D eigenvalue weighted by Gasteiger charge is -2.20. The van der Waals surface area contributed by atoms with Crippen molar-refractivity contribution in [2.75, 3.05) is 26.6 Å². The van der Waals surface area contributed by atoms with Gasteiger partial charge in [-0.1, -0.05) is 29.3 Å². The van der Waals surface area contributed by atoms with Crippen LogP contribution < -0.4 is 14.8 Å². The number of ether oxygens (including phenoxy) is 2. The monoisotopic (exact) mass is 386 g/mol. The van der Waals surface area contributed by atoms with Crippen LogP contribution >= 0.6 is 23.2 Å². The molecule has 8 heteroatoms. The maximum Gasteiger partial charge on any atom is 0.321 e. The predicted octanol–water partition coefficient (Wildman–Crippen LogP) is 4.81. The minimum absolute atomic E-state index is 0.00435. The molecule has 0 aliphatic rings. The molecule has 5 nitrogen and oxygen atoms in total. The number of anilines is 1. The molecule has 0 atom stereocenters. The van der Waals surface area contributed by atoms with Crippen LogP contribution in [0.2, 0.25) is 10.0 Å². The molecule has 0 aliphatic carbocycles. The van der Waals surface area contributed by atoms with E-state index in [1.54, 1.807) is 12.1 Å². The number of rotatable bonds is 5. The van der Waals surface area contributed by atoms with Gasteiger partial charge in [-0.25, -0.2) is 9.18 Å². The van der Waals surface area contributed by atoms with Gasteiger partial charge in [-0.05, 0) is 12.1 Å². The molecule has 0 unspecified atom stereocenters. The second-order valence-corrected chi connectivity index (χ2v) is 5.99. The first kappa shape index (κ1) is 19.1. The van der Waals surface area contributed by atoms with E-state index < -0.39 is 11.8 Å². The third-order valence-corrected chi connectivity index (χ3v) is 4.17. The number of methoxy groups -OCH3 is 2. The molecule has 2 aromatic rings. The minimum Gasteiger partial charge on any atom is -0.495 e. The number of nitrogens with zero attached hydrogens (tertiary/aromatic N) is 1. The van der Waals surface area contributed by atoms with Crippen LogP contribution in [0, 0.1) is 5.82 Å². The van der Waals surface area contributed by atoms with Crippen molar-refractivity contribution in [2.45, 2.75) is 6.54 Å². The number of hydrogen-bond donors (Lipinski definition) is 1. The van der Waals surface area contributed by atoms with Crippen LogP contribution in [0.25, 0.3) is 0 Å². The van der Waals surface area contributed by atoms with Gasteiger partial charge in [0.15, 0.2) is 0 Å². The summed E-state index contributed by atoms with van der Waals surface area (Å²) in [5.41, 5.74) is 0.614. The second-order valence-electron chi connectivity index (χ2n) is 5.17. The molecule has 0 spiro atoms. The predicted molar refractivity (Wildman–Crippen MR) is 96.5 cm³/mol. The van der Waals surface area contributed by atoms with E-state index in [1.807, 2.05) is 0 Å². The summed E-state index contributed by atoms with van der Waals surface area (Å²) in [5, 5.41) is 3.29. The third-order valence-electron chi connectivity index (χ3n) is 3.52. The maximum absolute atomic E-state index is 13.9. The molecule has 0 aromatic heterocycles. The van der Waals surface area contributed by atoms with E-state index in [2.05, 4.69) is 5.32 Å². The van der Waals surface area contributed by atoms with E-state index in [1.165, 1.54) is 44.4 Å². The Hall–Kier alpha value is -2.18. The number of urea groups is 1. The summed E-state index contributed by atoms with van der Waals surface area (Å²) < 4.78 is 24.2. The molecular weight excluding hydrogens is 370 g/mol. The number of carbonyl (C=O) groups excluding carboxylic acids is 1.